The number of piperidine rings is 1. The van der Waals surface area contributed by atoms with Gasteiger partial charge in [-0.05, 0) is 42.7 Å². The number of anilines is 2. The van der Waals surface area contributed by atoms with Gasteiger partial charge in [0.1, 0.15) is 5.82 Å². The highest BCUT2D eigenvalue weighted by Crippen LogP contribution is 2.22. The third-order valence-corrected chi connectivity index (χ3v) is 4.57. The molecule has 2 atom stereocenters. The van der Waals surface area contributed by atoms with Gasteiger partial charge in [-0.2, -0.15) is 0 Å². The minimum absolute atomic E-state index is 0.233. The summed E-state index contributed by atoms with van der Waals surface area (Å²) in [5.74, 6) is 0.855. The molecule has 1 aliphatic rings. The second-order valence-electron chi connectivity index (χ2n) is 6.15. The summed E-state index contributed by atoms with van der Waals surface area (Å²) < 4.78 is 0. The van der Waals surface area contributed by atoms with E-state index < -0.39 is 0 Å². The van der Waals surface area contributed by atoms with Crippen molar-refractivity contribution >= 4 is 29.0 Å². The Bertz CT molecular complexity index is 720. The molecule has 2 unspecified atom stereocenters. The second-order valence-corrected chi connectivity index (χ2v) is 6.59. The van der Waals surface area contributed by atoms with Crippen LogP contribution in [0.1, 0.15) is 23.7 Å². The number of hydrogen-bond donors (Lipinski definition) is 2. The first-order valence-electron chi connectivity index (χ1n) is 7.99. The van der Waals surface area contributed by atoms with Crippen molar-refractivity contribution in [2.75, 3.05) is 23.3 Å². The van der Waals surface area contributed by atoms with Crippen LogP contribution >= 0.6 is 11.6 Å². The minimum atomic E-state index is -0.341. The van der Waals surface area contributed by atoms with Crippen molar-refractivity contribution in [3.05, 3.63) is 53.2 Å². The number of β-amino-alcohol motifs (C(OH)–C–C–N with tert-alkyl or cyclic N) is 1. The molecule has 0 aliphatic carbocycles. The molecular formula is C18H20ClN3O2. The van der Waals surface area contributed by atoms with E-state index in [-0.39, 0.29) is 12.0 Å². The zero-order chi connectivity index (χ0) is 17.1. The number of hydrogen-bond acceptors (Lipinski definition) is 4. The molecule has 126 valence electrons. The fourth-order valence-corrected chi connectivity index (χ4v) is 2.92. The number of aliphatic hydroxyl groups is 1. The number of pyridine rings is 1. The van der Waals surface area contributed by atoms with Crippen LogP contribution < -0.4 is 10.2 Å². The number of carbonyl (C=O) groups is 1. The summed E-state index contributed by atoms with van der Waals surface area (Å²) in [6.45, 7) is 3.49. The van der Waals surface area contributed by atoms with Crippen molar-refractivity contribution < 1.29 is 9.90 Å². The highest BCUT2D eigenvalue weighted by Gasteiger charge is 2.25. The molecule has 0 bridgehead atoms. The van der Waals surface area contributed by atoms with Crippen LogP contribution in [0.3, 0.4) is 0 Å². The summed E-state index contributed by atoms with van der Waals surface area (Å²) in [4.78, 5) is 18.7. The van der Waals surface area contributed by atoms with E-state index >= 15 is 0 Å². The van der Waals surface area contributed by atoms with Gasteiger partial charge in [0.2, 0.25) is 0 Å². The van der Waals surface area contributed by atoms with Crippen LogP contribution in [0.15, 0.2) is 42.6 Å². The first-order valence-corrected chi connectivity index (χ1v) is 8.37. The lowest BCUT2D eigenvalue weighted by Crippen LogP contribution is -2.43. The number of carbonyl (C=O) groups excluding carboxylic acids is 1. The van der Waals surface area contributed by atoms with Gasteiger partial charge >= 0.3 is 0 Å². The Balaban J connectivity index is 1.67. The van der Waals surface area contributed by atoms with Crippen molar-refractivity contribution in [3.8, 4) is 0 Å². The fourth-order valence-electron chi connectivity index (χ4n) is 2.73. The molecule has 2 heterocycles. The Morgan fingerprint density at radius 1 is 1.38 bits per heavy atom. The lowest BCUT2D eigenvalue weighted by Gasteiger charge is -2.35. The fraction of sp³-hybridized carbons (Fsp3) is 0.333. The molecule has 1 aliphatic heterocycles. The monoisotopic (exact) mass is 345 g/mol. The molecule has 1 saturated heterocycles. The van der Waals surface area contributed by atoms with Gasteiger partial charge in [0.25, 0.3) is 5.91 Å². The van der Waals surface area contributed by atoms with Gasteiger partial charge < -0.3 is 15.3 Å². The van der Waals surface area contributed by atoms with Crippen molar-refractivity contribution in [2.24, 2.45) is 5.92 Å². The Labute approximate surface area is 146 Å². The van der Waals surface area contributed by atoms with E-state index in [1.165, 1.54) is 0 Å². The molecule has 0 radical (unpaired) electrons. The number of halogens is 1. The van der Waals surface area contributed by atoms with Gasteiger partial charge in [-0.25, -0.2) is 4.98 Å². The topological polar surface area (TPSA) is 65.5 Å². The Hall–Kier alpha value is -2.11. The summed E-state index contributed by atoms with van der Waals surface area (Å²) in [6, 6.07) is 10.6. The van der Waals surface area contributed by atoms with Crippen LogP contribution in [0.4, 0.5) is 11.5 Å². The molecule has 1 amide bonds. The lowest BCUT2D eigenvalue weighted by molar-refractivity contribution is 0.102. The first kappa shape index (κ1) is 16.7. The number of benzene rings is 1. The van der Waals surface area contributed by atoms with E-state index in [4.69, 9.17) is 11.6 Å². The molecule has 6 heteroatoms. The van der Waals surface area contributed by atoms with Gasteiger partial charge in [-0.3, -0.25) is 4.79 Å². The molecule has 1 aromatic heterocycles. The summed E-state index contributed by atoms with van der Waals surface area (Å²) in [5, 5.41) is 13.4. The van der Waals surface area contributed by atoms with Crippen molar-refractivity contribution in [2.45, 2.75) is 19.4 Å². The predicted molar refractivity (Wildman–Crippen MR) is 95.6 cm³/mol. The van der Waals surface area contributed by atoms with Gasteiger partial charge in [0, 0.05) is 30.0 Å². The SMILES string of the molecule is CC1CCN(c2ccc(C(=O)Nc3cccc(Cl)c3)cn2)CC1O. The molecule has 24 heavy (non-hydrogen) atoms. The molecule has 2 N–H and O–H groups in total. The summed E-state index contributed by atoms with van der Waals surface area (Å²) >= 11 is 5.91. The molecule has 1 fully saturated rings. The van der Waals surface area contributed by atoms with Gasteiger partial charge in [0.05, 0.1) is 11.7 Å². The molecule has 0 spiro atoms. The third kappa shape index (κ3) is 3.86. The largest absolute Gasteiger partial charge is 0.391 e. The Morgan fingerprint density at radius 3 is 2.88 bits per heavy atom. The van der Waals surface area contributed by atoms with Crippen LogP contribution in [0.5, 0.6) is 0 Å². The molecule has 1 aromatic carbocycles. The van der Waals surface area contributed by atoms with E-state index in [1.54, 1.807) is 36.5 Å². The smallest absolute Gasteiger partial charge is 0.257 e. The first-order chi connectivity index (χ1) is 11.5. The van der Waals surface area contributed by atoms with Crippen molar-refractivity contribution in [1.29, 1.82) is 0 Å². The van der Waals surface area contributed by atoms with Gasteiger partial charge in [-0.1, -0.05) is 24.6 Å². The number of nitrogens with one attached hydrogen (secondary N) is 1. The van der Waals surface area contributed by atoms with Crippen LogP contribution in [0.2, 0.25) is 5.02 Å². The summed E-state index contributed by atoms with van der Waals surface area (Å²) in [7, 11) is 0. The zero-order valence-corrected chi connectivity index (χ0v) is 14.2. The van der Waals surface area contributed by atoms with E-state index in [2.05, 4.69) is 17.2 Å². The summed E-state index contributed by atoms with van der Waals surface area (Å²) in [6.07, 6.45) is 2.14. The maximum Gasteiger partial charge on any atom is 0.257 e. The highest BCUT2D eigenvalue weighted by atomic mass is 35.5. The predicted octanol–water partition coefficient (Wildman–Crippen LogP) is 3.19. The van der Waals surface area contributed by atoms with Crippen LogP contribution in [-0.2, 0) is 0 Å². The molecule has 2 aromatic rings. The number of amides is 1. The van der Waals surface area contributed by atoms with Crippen LogP contribution in [0.25, 0.3) is 0 Å². The minimum Gasteiger partial charge on any atom is -0.391 e. The molecular weight excluding hydrogens is 326 g/mol. The number of rotatable bonds is 3. The zero-order valence-electron chi connectivity index (χ0n) is 13.4. The highest BCUT2D eigenvalue weighted by molar-refractivity contribution is 6.30. The maximum absolute atomic E-state index is 12.3. The Morgan fingerprint density at radius 2 is 2.21 bits per heavy atom. The van der Waals surface area contributed by atoms with Crippen molar-refractivity contribution in [3.63, 3.8) is 0 Å². The van der Waals surface area contributed by atoms with Gasteiger partial charge in [0.15, 0.2) is 0 Å². The van der Waals surface area contributed by atoms with E-state index in [9.17, 15) is 9.90 Å². The average molecular weight is 346 g/mol. The lowest BCUT2D eigenvalue weighted by atomic mass is 9.96. The molecule has 0 saturated carbocycles. The quantitative estimate of drug-likeness (QED) is 0.896. The molecule has 5 nitrogen and oxygen atoms in total. The van der Waals surface area contributed by atoms with E-state index in [0.717, 1.165) is 18.8 Å². The van der Waals surface area contributed by atoms with Crippen molar-refractivity contribution in [1.82, 2.24) is 4.98 Å². The van der Waals surface area contributed by atoms with Crippen LogP contribution in [0, 0.1) is 5.92 Å². The Kier molecular flexibility index (Phi) is 5.02. The van der Waals surface area contributed by atoms with Crippen LogP contribution in [-0.4, -0.2) is 35.2 Å². The maximum atomic E-state index is 12.3. The summed E-state index contributed by atoms with van der Waals surface area (Å²) in [5.41, 5.74) is 1.12. The van der Waals surface area contributed by atoms with Gasteiger partial charge in [-0.15, -0.1) is 0 Å². The number of aliphatic hydroxyl groups excluding tert-OH is 1. The normalized spacial score (nSPS) is 20.7. The van der Waals surface area contributed by atoms with E-state index in [0.29, 0.717) is 28.7 Å². The second kappa shape index (κ2) is 7.20. The molecule has 3 rings (SSSR count). The standard InChI is InChI=1S/C18H20ClN3O2/c1-12-7-8-22(11-16(12)23)17-6-5-13(10-20-17)18(24)21-15-4-2-3-14(19)9-15/h2-6,9-10,12,16,23H,7-8,11H2,1H3,(H,21,24). The third-order valence-electron chi connectivity index (χ3n) is 4.34. The number of nitrogens with zero attached hydrogens (tertiary/aromatic N) is 2. The average Bonchev–Trinajstić information content (AvgIpc) is 2.57. The van der Waals surface area contributed by atoms with E-state index in [1.807, 2.05) is 11.0 Å². The number of aromatic nitrogens is 1.